The van der Waals surface area contributed by atoms with E-state index in [4.69, 9.17) is 4.42 Å². The zero-order valence-corrected chi connectivity index (χ0v) is 16.4. The average molecular weight is 405 g/mol. The van der Waals surface area contributed by atoms with Crippen molar-refractivity contribution >= 4 is 39.3 Å². The van der Waals surface area contributed by atoms with Gasteiger partial charge in [0.15, 0.2) is 10.9 Å². The zero-order valence-electron chi connectivity index (χ0n) is 15.6. The minimum Gasteiger partial charge on any atom is -0.454 e. The molecule has 0 unspecified atom stereocenters. The summed E-state index contributed by atoms with van der Waals surface area (Å²) in [4.78, 5) is 28.5. The lowest BCUT2D eigenvalue weighted by Crippen LogP contribution is -2.28. The number of benzene rings is 2. The summed E-state index contributed by atoms with van der Waals surface area (Å²) in [6.07, 6.45) is 0.482. The first-order valence-corrected chi connectivity index (χ1v) is 10.1. The number of amides is 2. The van der Waals surface area contributed by atoms with Gasteiger partial charge in [-0.05, 0) is 17.7 Å². The Bertz CT molecular complexity index is 1100. The lowest BCUT2D eigenvalue weighted by Gasteiger charge is -2.05. The van der Waals surface area contributed by atoms with Gasteiger partial charge in [0.2, 0.25) is 11.8 Å². The molecule has 7 heteroatoms. The quantitative estimate of drug-likeness (QED) is 0.482. The van der Waals surface area contributed by atoms with Crippen LogP contribution >= 0.6 is 11.3 Å². The molecular formula is C22H19N3O3S. The number of aromatic nitrogens is 1. The summed E-state index contributed by atoms with van der Waals surface area (Å²) < 4.78 is 5.80. The minimum atomic E-state index is -0.199. The standard InChI is InChI=1S/C22H19N3O3S/c26-20(10-11-23-21(27)12-15-6-2-1-3-7-15)25-22-24-17(14-29-22)19-13-16-8-4-5-9-18(16)28-19/h1-9,13-14H,10-12H2,(H,23,27)(H,24,25,26). The predicted molar refractivity (Wildman–Crippen MR) is 114 cm³/mol. The van der Waals surface area contributed by atoms with Crippen molar-refractivity contribution in [3.05, 3.63) is 71.6 Å². The Kier molecular flexibility index (Phi) is 5.67. The Labute approximate surface area is 171 Å². The highest BCUT2D eigenvalue weighted by molar-refractivity contribution is 7.14. The largest absolute Gasteiger partial charge is 0.454 e. The van der Waals surface area contributed by atoms with E-state index in [1.807, 2.05) is 66.0 Å². The third-order valence-electron chi connectivity index (χ3n) is 4.31. The molecule has 0 saturated heterocycles. The molecule has 2 aromatic heterocycles. The van der Waals surface area contributed by atoms with Crippen LogP contribution in [0.15, 0.2) is 70.5 Å². The summed E-state index contributed by atoms with van der Waals surface area (Å²) in [6.45, 7) is 0.277. The summed E-state index contributed by atoms with van der Waals surface area (Å²) in [5.41, 5.74) is 2.42. The molecule has 2 aromatic carbocycles. The van der Waals surface area contributed by atoms with Gasteiger partial charge in [-0.25, -0.2) is 4.98 Å². The van der Waals surface area contributed by atoms with Crippen molar-refractivity contribution in [3.8, 4) is 11.5 Å². The molecule has 0 fully saturated rings. The molecule has 0 saturated carbocycles. The Hall–Kier alpha value is -3.45. The van der Waals surface area contributed by atoms with Gasteiger partial charge < -0.3 is 15.1 Å². The number of para-hydroxylation sites is 1. The lowest BCUT2D eigenvalue weighted by molar-refractivity contribution is -0.120. The van der Waals surface area contributed by atoms with Gasteiger partial charge in [0, 0.05) is 23.7 Å². The smallest absolute Gasteiger partial charge is 0.227 e. The summed E-state index contributed by atoms with van der Waals surface area (Å²) in [6, 6.07) is 19.2. The molecule has 2 N–H and O–H groups in total. The van der Waals surface area contributed by atoms with Crippen LogP contribution in [0.25, 0.3) is 22.4 Å². The van der Waals surface area contributed by atoms with Gasteiger partial charge in [-0.2, -0.15) is 0 Å². The number of carbonyl (C=O) groups excluding carboxylic acids is 2. The topological polar surface area (TPSA) is 84.2 Å². The fraction of sp³-hybridized carbons (Fsp3) is 0.136. The van der Waals surface area contributed by atoms with Gasteiger partial charge in [0.1, 0.15) is 11.3 Å². The van der Waals surface area contributed by atoms with Crippen molar-refractivity contribution in [2.24, 2.45) is 0 Å². The number of carbonyl (C=O) groups is 2. The number of fused-ring (bicyclic) bond motifs is 1. The molecule has 2 amide bonds. The average Bonchev–Trinajstić information content (AvgIpc) is 3.35. The summed E-state index contributed by atoms with van der Waals surface area (Å²) >= 11 is 1.33. The molecule has 0 spiro atoms. The number of nitrogens with one attached hydrogen (secondary N) is 2. The van der Waals surface area contributed by atoms with Crippen LogP contribution in [-0.4, -0.2) is 23.3 Å². The van der Waals surface area contributed by atoms with Crippen molar-refractivity contribution in [1.29, 1.82) is 0 Å². The number of furan rings is 1. The fourth-order valence-electron chi connectivity index (χ4n) is 2.89. The number of thiazole rings is 1. The van der Waals surface area contributed by atoms with Gasteiger partial charge >= 0.3 is 0 Å². The van der Waals surface area contributed by atoms with Crippen LogP contribution in [0.1, 0.15) is 12.0 Å². The van der Waals surface area contributed by atoms with E-state index in [-0.39, 0.29) is 24.8 Å². The van der Waals surface area contributed by atoms with Gasteiger partial charge in [-0.15, -0.1) is 11.3 Å². The number of rotatable bonds is 7. The second-order valence-corrected chi connectivity index (χ2v) is 7.35. The Morgan fingerprint density at radius 3 is 2.62 bits per heavy atom. The lowest BCUT2D eigenvalue weighted by atomic mass is 10.1. The first-order chi connectivity index (χ1) is 14.2. The van der Waals surface area contributed by atoms with Gasteiger partial charge in [0.25, 0.3) is 0 Å². The van der Waals surface area contributed by atoms with E-state index in [1.54, 1.807) is 0 Å². The maximum atomic E-state index is 12.1. The van der Waals surface area contributed by atoms with Gasteiger partial charge in [-0.3, -0.25) is 9.59 Å². The van der Waals surface area contributed by atoms with Crippen LogP contribution in [-0.2, 0) is 16.0 Å². The zero-order chi connectivity index (χ0) is 20.1. The number of hydrogen-bond donors (Lipinski definition) is 2. The SMILES string of the molecule is O=C(Cc1ccccc1)NCCC(=O)Nc1nc(-c2cc3ccccc3o2)cs1. The van der Waals surface area contributed by atoms with Gasteiger partial charge in [0.05, 0.1) is 6.42 Å². The molecule has 0 aliphatic rings. The highest BCUT2D eigenvalue weighted by Gasteiger charge is 2.12. The van der Waals surface area contributed by atoms with Crippen LogP contribution in [0, 0.1) is 0 Å². The molecule has 0 aliphatic carbocycles. The first-order valence-electron chi connectivity index (χ1n) is 9.22. The number of hydrogen-bond acceptors (Lipinski definition) is 5. The van der Waals surface area contributed by atoms with E-state index < -0.39 is 0 Å². The van der Waals surface area contributed by atoms with Gasteiger partial charge in [-0.1, -0.05) is 48.5 Å². The second-order valence-electron chi connectivity index (χ2n) is 6.50. The Morgan fingerprint density at radius 2 is 1.79 bits per heavy atom. The van der Waals surface area contributed by atoms with Crippen molar-refractivity contribution in [3.63, 3.8) is 0 Å². The van der Waals surface area contributed by atoms with Crippen molar-refractivity contribution in [2.45, 2.75) is 12.8 Å². The molecule has 0 radical (unpaired) electrons. The van der Waals surface area contributed by atoms with E-state index in [1.165, 1.54) is 11.3 Å². The molecule has 146 valence electrons. The van der Waals surface area contributed by atoms with Crippen LogP contribution in [0.4, 0.5) is 5.13 Å². The Morgan fingerprint density at radius 1 is 1.00 bits per heavy atom. The fourth-order valence-corrected chi connectivity index (χ4v) is 3.61. The van der Waals surface area contributed by atoms with E-state index in [0.29, 0.717) is 23.0 Å². The van der Waals surface area contributed by atoms with Crippen LogP contribution in [0.2, 0.25) is 0 Å². The van der Waals surface area contributed by atoms with Crippen molar-refractivity contribution < 1.29 is 14.0 Å². The molecule has 2 heterocycles. The summed E-state index contributed by atoms with van der Waals surface area (Å²) in [5, 5.41) is 8.88. The third kappa shape index (κ3) is 4.89. The molecule has 4 aromatic rings. The molecule has 0 bridgehead atoms. The second kappa shape index (κ2) is 8.70. The molecule has 0 aliphatic heterocycles. The summed E-state index contributed by atoms with van der Waals surface area (Å²) in [7, 11) is 0. The predicted octanol–water partition coefficient (Wildman–Crippen LogP) is 4.24. The van der Waals surface area contributed by atoms with E-state index in [0.717, 1.165) is 16.5 Å². The maximum absolute atomic E-state index is 12.1. The van der Waals surface area contributed by atoms with E-state index in [2.05, 4.69) is 15.6 Å². The first kappa shape index (κ1) is 18.9. The van der Waals surface area contributed by atoms with Crippen LogP contribution in [0.5, 0.6) is 0 Å². The van der Waals surface area contributed by atoms with E-state index in [9.17, 15) is 9.59 Å². The number of nitrogens with zero attached hydrogens (tertiary/aromatic N) is 1. The van der Waals surface area contributed by atoms with Crippen LogP contribution in [0.3, 0.4) is 0 Å². The monoisotopic (exact) mass is 405 g/mol. The Balaban J connectivity index is 1.26. The number of anilines is 1. The molecule has 0 atom stereocenters. The van der Waals surface area contributed by atoms with Crippen LogP contribution < -0.4 is 10.6 Å². The normalized spacial score (nSPS) is 10.8. The summed E-state index contributed by atoms with van der Waals surface area (Å²) in [5.74, 6) is 0.358. The minimum absolute atomic E-state index is 0.106. The van der Waals surface area contributed by atoms with Crippen molar-refractivity contribution in [1.82, 2.24) is 10.3 Å². The molecule has 29 heavy (non-hydrogen) atoms. The highest BCUT2D eigenvalue weighted by Crippen LogP contribution is 2.30. The van der Waals surface area contributed by atoms with Crippen molar-refractivity contribution in [2.75, 3.05) is 11.9 Å². The molecular weight excluding hydrogens is 386 g/mol. The molecule has 6 nitrogen and oxygen atoms in total. The van der Waals surface area contributed by atoms with E-state index >= 15 is 0 Å². The molecule has 4 rings (SSSR count). The highest BCUT2D eigenvalue weighted by atomic mass is 32.1. The maximum Gasteiger partial charge on any atom is 0.227 e. The third-order valence-corrected chi connectivity index (χ3v) is 5.07.